The third-order valence-corrected chi connectivity index (χ3v) is 10.8. The van der Waals surface area contributed by atoms with Crippen LogP contribution >= 0.6 is 0 Å². The van der Waals surface area contributed by atoms with E-state index in [2.05, 4.69) is 0 Å². The van der Waals surface area contributed by atoms with E-state index in [0.29, 0.717) is 23.7 Å². The van der Waals surface area contributed by atoms with E-state index >= 15 is 0 Å². The standard InChI is InChI=1S/C23H29N3O2/c1-24-22(27)25-20-14-8-4-10-2-6-12(16(10)14)18(20)19-13-7-3-11-5-9-15(17(11)13)21(19)26(25)23(24)28/h10-17,20-21H,2-9H2,1H3/t10?,11?,12?,13?,14?,15?,16-,17+,20?,21?. The minimum Gasteiger partial charge on any atom is -0.246 e. The average Bonchev–Trinajstić information content (AvgIpc) is 3.46. The third-order valence-electron chi connectivity index (χ3n) is 10.8. The van der Waals surface area contributed by atoms with Crippen LogP contribution in [0.25, 0.3) is 0 Å². The first kappa shape index (κ1) is 15.3. The lowest BCUT2D eigenvalue weighted by Gasteiger charge is -2.36. The van der Waals surface area contributed by atoms with Crippen LogP contribution in [0, 0.1) is 47.3 Å². The Labute approximate surface area is 164 Å². The molecule has 1 aromatic rings. The van der Waals surface area contributed by atoms with Crippen LogP contribution in [0.4, 0.5) is 0 Å². The van der Waals surface area contributed by atoms with Crippen molar-refractivity contribution >= 4 is 0 Å². The smallest absolute Gasteiger partial charge is 0.246 e. The Kier molecular flexibility index (Phi) is 2.53. The summed E-state index contributed by atoms with van der Waals surface area (Å²) in [4.78, 5) is 26.6. The summed E-state index contributed by atoms with van der Waals surface area (Å²) in [5.74, 6) is 5.98. The fourth-order valence-corrected chi connectivity index (χ4v) is 10.2. The van der Waals surface area contributed by atoms with Crippen molar-refractivity contribution in [3.05, 3.63) is 32.1 Å². The van der Waals surface area contributed by atoms with Gasteiger partial charge >= 0.3 is 11.4 Å². The molecule has 6 aliphatic carbocycles. The zero-order chi connectivity index (χ0) is 18.5. The van der Waals surface area contributed by atoms with Crippen molar-refractivity contribution < 1.29 is 0 Å². The largest absolute Gasteiger partial charge is 0.347 e. The van der Waals surface area contributed by atoms with Gasteiger partial charge in [-0.1, -0.05) is 0 Å². The average molecular weight is 380 g/mol. The molecule has 1 aromatic heterocycles. The number of allylic oxidation sites excluding steroid dienone is 2. The predicted octanol–water partition coefficient (Wildman–Crippen LogP) is 2.87. The number of rotatable bonds is 0. The van der Waals surface area contributed by atoms with Crippen molar-refractivity contribution in [2.45, 2.75) is 63.5 Å². The molecule has 1 aliphatic heterocycles. The lowest BCUT2D eigenvalue weighted by Crippen LogP contribution is -2.41. The van der Waals surface area contributed by atoms with E-state index in [9.17, 15) is 9.59 Å². The summed E-state index contributed by atoms with van der Waals surface area (Å²) in [6, 6.07) is 0.400. The first-order chi connectivity index (χ1) is 13.7. The quantitative estimate of drug-likeness (QED) is 0.651. The number of fused-ring (bicyclic) bond motifs is 9. The molecule has 0 N–H and O–H groups in total. The van der Waals surface area contributed by atoms with E-state index in [1.165, 1.54) is 55.9 Å². The van der Waals surface area contributed by atoms with Crippen LogP contribution in [0.15, 0.2) is 20.7 Å². The number of hydrogen-bond acceptors (Lipinski definition) is 2. The molecule has 0 aromatic carbocycles. The minimum atomic E-state index is -0.0541. The SMILES string of the molecule is Cn1c(=O)n2n(c1=O)C1C(=C3C4CCC5CCC(C32)[C@H]54)C2CCC3CCC1[C@@H]32. The highest BCUT2D eigenvalue weighted by Gasteiger charge is 2.65. The van der Waals surface area contributed by atoms with Gasteiger partial charge < -0.3 is 0 Å². The summed E-state index contributed by atoms with van der Waals surface area (Å²) in [6.07, 6.45) is 10.7. The molecule has 0 radical (unpaired) electrons. The summed E-state index contributed by atoms with van der Waals surface area (Å²) in [7, 11) is 1.70. The van der Waals surface area contributed by atoms with Gasteiger partial charge in [-0.2, -0.15) is 0 Å². The van der Waals surface area contributed by atoms with Crippen LogP contribution in [0.1, 0.15) is 63.5 Å². The molecule has 8 rings (SSSR count). The summed E-state index contributed by atoms with van der Waals surface area (Å²) in [6.45, 7) is 0. The monoisotopic (exact) mass is 379 g/mol. The van der Waals surface area contributed by atoms with Gasteiger partial charge in [-0.05, 0) is 110 Å². The van der Waals surface area contributed by atoms with Gasteiger partial charge in [0.15, 0.2) is 0 Å². The Morgan fingerprint density at radius 2 is 1.07 bits per heavy atom. The molecule has 6 saturated carbocycles. The molecule has 6 fully saturated rings. The maximum Gasteiger partial charge on any atom is 0.347 e. The first-order valence-corrected chi connectivity index (χ1v) is 11.8. The van der Waals surface area contributed by atoms with Crippen LogP contribution in [0.5, 0.6) is 0 Å². The van der Waals surface area contributed by atoms with Gasteiger partial charge in [0.1, 0.15) is 0 Å². The van der Waals surface area contributed by atoms with Crippen molar-refractivity contribution in [3.63, 3.8) is 0 Å². The van der Waals surface area contributed by atoms with Crippen molar-refractivity contribution in [2.75, 3.05) is 0 Å². The molecular weight excluding hydrogens is 350 g/mol. The van der Waals surface area contributed by atoms with Crippen LogP contribution in [-0.2, 0) is 7.05 Å². The minimum absolute atomic E-state index is 0.0541. The van der Waals surface area contributed by atoms with Gasteiger partial charge in [-0.3, -0.25) is 0 Å². The van der Waals surface area contributed by atoms with E-state index < -0.39 is 0 Å². The van der Waals surface area contributed by atoms with Gasteiger partial charge in [0, 0.05) is 7.05 Å². The van der Waals surface area contributed by atoms with Gasteiger partial charge in [0.25, 0.3) is 0 Å². The lowest BCUT2D eigenvalue weighted by atomic mass is 9.83. The number of aromatic nitrogens is 3. The van der Waals surface area contributed by atoms with Gasteiger partial charge in [-0.15, -0.1) is 0 Å². The van der Waals surface area contributed by atoms with E-state index in [1.54, 1.807) is 18.2 Å². The second kappa shape index (κ2) is 4.62. The van der Waals surface area contributed by atoms with Crippen molar-refractivity contribution in [1.82, 2.24) is 13.9 Å². The molecule has 148 valence electrons. The fraction of sp³-hybridized carbons (Fsp3) is 0.826. The number of hydrogen-bond donors (Lipinski definition) is 0. The Morgan fingerprint density at radius 1 is 0.643 bits per heavy atom. The van der Waals surface area contributed by atoms with E-state index in [0.717, 1.165) is 23.7 Å². The molecule has 28 heavy (non-hydrogen) atoms. The summed E-state index contributed by atoms with van der Waals surface area (Å²) in [5, 5.41) is 0. The van der Waals surface area contributed by atoms with E-state index in [1.807, 2.05) is 9.36 Å². The lowest BCUT2D eigenvalue weighted by molar-refractivity contribution is 0.225. The topological polar surface area (TPSA) is 48.9 Å². The molecule has 2 heterocycles. The fourth-order valence-electron chi connectivity index (χ4n) is 10.2. The molecule has 7 aliphatic rings. The van der Waals surface area contributed by atoms with Crippen molar-refractivity contribution in [2.24, 2.45) is 54.4 Å². The summed E-state index contributed by atoms with van der Waals surface area (Å²) in [5.41, 5.74) is 3.27. The zero-order valence-electron chi connectivity index (χ0n) is 16.6. The Hall–Kier alpha value is -1.52. The second-order valence-electron chi connectivity index (χ2n) is 11.1. The third kappa shape index (κ3) is 1.39. The highest BCUT2D eigenvalue weighted by molar-refractivity contribution is 5.41. The van der Waals surface area contributed by atoms with E-state index in [4.69, 9.17) is 0 Å². The Morgan fingerprint density at radius 3 is 1.54 bits per heavy atom. The van der Waals surface area contributed by atoms with Gasteiger partial charge in [-0.25, -0.2) is 23.5 Å². The highest BCUT2D eigenvalue weighted by atomic mass is 16.2. The second-order valence-corrected chi connectivity index (χ2v) is 11.1. The van der Waals surface area contributed by atoms with Crippen molar-refractivity contribution in [3.8, 4) is 0 Å². The predicted molar refractivity (Wildman–Crippen MR) is 104 cm³/mol. The van der Waals surface area contributed by atoms with Crippen LogP contribution in [-0.4, -0.2) is 13.9 Å². The molecular formula is C23H29N3O2. The van der Waals surface area contributed by atoms with Crippen LogP contribution in [0.3, 0.4) is 0 Å². The molecule has 0 amide bonds. The maximum absolute atomic E-state index is 13.3. The Balaban J connectivity index is 1.47. The summed E-state index contributed by atoms with van der Waals surface area (Å²) < 4.78 is 5.39. The molecule has 0 saturated heterocycles. The molecule has 5 nitrogen and oxygen atoms in total. The van der Waals surface area contributed by atoms with E-state index in [-0.39, 0.29) is 23.5 Å². The zero-order valence-corrected chi connectivity index (χ0v) is 16.6. The molecule has 10 atom stereocenters. The van der Waals surface area contributed by atoms with Gasteiger partial charge in [0.2, 0.25) is 0 Å². The van der Waals surface area contributed by atoms with Crippen LogP contribution in [0.2, 0.25) is 0 Å². The first-order valence-electron chi connectivity index (χ1n) is 11.8. The Bertz CT molecular complexity index is 991. The van der Waals surface area contributed by atoms with Crippen LogP contribution < -0.4 is 11.4 Å². The highest BCUT2D eigenvalue weighted by Crippen LogP contribution is 2.71. The maximum atomic E-state index is 13.3. The van der Waals surface area contributed by atoms with Crippen molar-refractivity contribution in [1.29, 1.82) is 0 Å². The normalized spacial score (nSPS) is 51.5. The molecule has 5 heteroatoms. The molecule has 0 bridgehead atoms. The van der Waals surface area contributed by atoms with Gasteiger partial charge in [0.05, 0.1) is 12.1 Å². The summed E-state index contributed by atoms with van der Waals surface area (Å²) >= 11 is 0. The number of nitrogens with zero attached hydrogens (tertiary/aromatic N) is 3. The molecule has 0 spiro atoms. The molecule has 8 unspecified atom stereocenters.